The smallest absolute Gasteiger partial charge is 0.148 e. The van der Waals surface area contributed by atoms with E-state index in [1.54, 1.807) is 36.4 Å². The highest BCUT2D eigenvalue weighted by Gasteiger charge is 2.42. The standard InChI is InChI=1S/C16H20FN3O3S/c17-13-5-1-2-6-14(13)20-16-8-4-3-7-15(16)19(24(20,21)22)10-12-23-11-9-18/h1-8,21-22H,9-12,18H2. The van der Waals surface area contributed by atoms with Crippen LogP contribution in [0.1, 0.15) is 0 Å². The summed E-state index contributed by atoms with van der Waals surface area (Å²) in [5.74, 6) is -0.520. The van der Waals surface area contributed by atoms with Crippen LogP contribution in [0.25, 0.3) is 0 Å². The monoisotopic (exact) mass is 353 g/mol. The zero-order valence-electron chi connectivity index (χ0n) is 13.0. The number of anilines is 3. The van der Waals surface area contributed by atoms with Crippen LogP contribution in [0.5, 0.6) is 0 Å². The van der Waals surface area contributed by atoms with Crippen LogP contribution in [-0.4, -0.2) is 35.4 Å². The molecule has 24 heavy (non-hydrogen) atoms. The molecule has 2 aromatic rings. The van der Waals surface area contributed by atoms with E-state index in [4.69, 9.17) is 10.5 Å². The molecule has 0 saturated carbocycles. The van der Waals surface area contributed by atoms with Gasteiger partial charge in [-0.25, -0.2) is 13.0 Å². The fourth-order valence-corrected chi connectivity index (χ4v) is 4.43. The molecule has 0 radical (unpaired) electrons. The first-order valence-corrected chi connectivity index (χ1v) is 9.01. The van der Waals surface area contributed by atoms with Gasteiger partial charge in [-0.1, -0.05) is 24.3 Å². The Morgan fingerprint density at radius 3 is 2.25 bits per heavy atom. The number of ether oxygens (including phenoxy) is 1. The van der Waals surface area contributed by atoms with Gasteiger partial charge in [-0.2, -0.15) is 0 Å². The molecule has 8 heteroatoms. The number of para-hydroxylation sites is 3. The zero-order valence-corrected chi connectivity index (χ0v) is 13.8. The molecule has 0 spiro atoms. The number of nitrogens with two attached hydrogens (primary N) is 1. The van der Waals surface area contributed by atoms with Crippen LogP contribution < -0.4 is 14.3 Å². The second-order valence-corrected chi connectivity index (χ2v) is 7.01. The molecule has 1 aliphatic rings. The lowest BCUT2D eigenvalue weighted by Crippen LogP contribution is -2.34. The quantitative estimate of drug-likeness (QED) is 0.691. The average molecular weight is 353 g/mol. The fourth-order valence-electron chi connectivity index (χ4n) is 2.66. The van der Waals surface area contributed by atoms with E-state index in [-0.39, 0.29) is 18.8 Å². The molecule has 1 aliphatic heterocycles. The highest BCUT2D eigenvalue weighted by Crippen LogP contribution is 2.64. The van der Waals surface area contributed by atoms with E-state index >= 15 is 0 Å². The molecule has 0 aromatic heterocycles. The van der Waals surface area contributed by atoms with Gasteiger partial charge in [0.1, 0.15) is 11.5 Å². The largest absolute Gasteiger partial charge is 0.378 e. The SMILES string of the molecule is NCCOCCN1c2ccccc2N(c2ccccc2F)S1(O)O. The van der Waals surface area contributed by atoms with Crippen molar-refractivity contribution in [3.63, 3.8) is 0 Å². The van der Waals surface area contributed by atoms with Gasteiger partial charge >= 0.3 is 0 Å². The number of halogens is 1. The Bertz CT molecular complexity index is 716. The van der Waals surface area contributed by atoms with Gasteiger partial charge in [0.15, 0.2) is 0 Å². The van der Waals surface area contributed by atoms with E-state index < -0.39 is 16.8 Å². The first-order valence-electron chi connectivity index (χ1n) is 7.55. The van der Waals surface area contributed by atoms with E-state index in [0.717, 1.165) is 0 Å². The summed E-state index contributed by atoms with van der Waals surface area (Å²) in [6.45, 7) is 1.33. The Morgan fingerprint density at radius 2 is 1.58 bits per heavy atom. The lowest BCUT2D eigenvalue weighted by Gasteiger charge is -2.43. The maximum atomic E-state index is 14.3. The number of nitrogens with zero attached hydrogens (tertiary/aromatic N) is 2. The molecule has 0 saturated heterocycles. The molecule has 4 N–H and O–H groups in total. The van der Waals surface area contributed by atoms with Crippen molar-refractivity contribution in [1.82, 2.24) is 0 Å². The van der Waals surface area contributed by atoms with E-state index in [2.05, 4.69) is 0 Å². The van der Waals surface area contributed by atoms with Gasteiger partial charge < -0.3 is 10.5 Å². The molecule has 1 heterocycles. The van der Waals surface area contributed by atoms with Crippen LogP contribution in [0.2, 0.25) is 0 Å². The summed E-state index contributed by atoms with van der Waals surface area (Å²) in [5, 5.41) is 0. The summed E-state index contributed by atoms with van der Waals surface area (Å²) in [5.41, 5.74) is 6.67. The summed E-state index contributed by atoms with van der Waals surface area (Å²) >= 11 is 0. The van der Waals surface area contributed by atoms with Crippen LogP contribution in [0.4, 0.5) is 21.5 Å². The first-order chi connectivity index (χ1) is 11.6. The van der Waals surface area contributed by atoms with Crippen molar-refractivity contribution >= 4 is 28.0 Å². The van der Waals surface area contributed by atoms with E-state index in [9.17, 15) is 13.5 Å². The van der Waals surface area contributed by atoms with Gasteiger partial charge in [0.2, 0.25) is 0 Å². The Labute approximate surface area is 141 Å². The van der Waals surface area contributed by atoms with Crippen LogP contribution in [0.15, 0.2) is 48.5 Å². The maximum absolute atomic E-state index is 14.3. The third kappa shape index (κ3) is 2.94. The van der Waals surface area contributed by atoms with Gasteiger partial charge in [-0.05, 0) is 35.2 Å². The molecular formula is C16H20FN3O3S. The van der Waals surface area contributed by atoms with Gasteiger partial charge in [0.05, 0.1) is 31.1 Å². The number of hydrogen-bond donors (Lipinski definition) is 3. The predicted molar refractivity (Wildman–Crippen MR) is 95.0 cm³/mol. The van der Waals surface area contributed by atoms with Crippen LogP contribution in [-0.2, 0) is 4.74 Å². The average Bonchev–Trinajstić information content (AvgIpc) is 2.79. The van der Waals surface area contributed by atoms with Crippen molar-refractivity contribution in [2.24, 2.45) is 5.73 Å². The summed E-state index contributed by atoms with van der Waals surface area (Å²) in [7, 11) is -3.43. The lowest BCUT2D eigenvalue weighted by atomic mass is 10.2. The lowest BCUT2D eigenvalue weighted by molar-refractivity contribution is 0.149. The van der Waals surface area contributed by atoms with Crippen LogP contribution >= 0.6 is 11.0 Å². The molecule has 3 rings (SSSR count). The topological polar surface area (TPSA) is 82.2 Å². The number of hydrogen-bond acceptors (Lipinski definition) is 6. The van der Waals surface area contributed by atoms with E-state index in [1.807, 2.05) is 0 Å². The predicted octanol–water partition coefficient (Wildman–Crippen LogP) is 3.34. The minimum atomic E-state index is -3.43. The Morgan fingerprint density at radius 1 is 0.958 bits per heavy atom. The van der Waals surface area contributed by atoms with Crippen LogP contribution in [0.3, 0.4) is 0 Å². The molecule has 0 amide bonds. The maximum Gasteiger partial charge on any atom is 0.148 e. The highest BCUT2D eigenvalue weighted by atomic mass is 32.3. The van der Waals surface area contributed by atoms with Crippen LogP contribution in [0, 0.1) is 5.82 Å². The minimum absolute atomic E-state index is 0.121. The molecule has 0 aliphatic carbocycles. The molecule has 0 bridgehead atoms. The van der Waals surface area contributed by atoms with Gasteiger partial charge in [-0.15, -0.1) is 0 Å². The van der Waals surface area contributed by atoms with E-state index in [1.165, 1.54) is 20.7 Å². The third-order valence-electron chi connectivity index (χ3n) is 3.68. The summed E-state index contributed by atoms with van der Waals surface area (Å²) in [6.07, 6.45) is 0. The summed E-state index contributed by atoms with van der Waals surface area (Å²) in [6, 6.07) is 13.1. The Hall–Kier alpha value is -1.84. The minimum Gasteiger partial charge on any atom is -0.378 e. The Balaban J connectivity index is 1.97. The molecule has 6 nitrogen and oxygen atoms in total. The summed E-state index contributed by atoms with van der Waals surface area (Å²) < 4.78 is 43.9. The van der Waals surface area contributed by atoms with Gasteiger partial charge in [0.25, 0.3) is 0 Å². The number of benzene rings is 2. The van der Waals surface area contributed by atoms with Crippen molar-refractivity contribution < 1.29 is 18.2 Å². The van der Waals surface area contributed by atoms with E-state index in [0.29, 0.717) is 24.5 Å². The van der Waals surface area contributed by atoms with Gasteiger partial charge in [-0.3, -0.25) is 9.11 Å². The van der Waals surface area contributed by atoms with Crippen molar-refractivity contribution in [1.29, 1.82) is 0 Å². The van der Waals surface area contributed by atoms with Crippen molar-refractivity contribution in [2.45, 2.75) is 0 Å². The highest BCUT2D eigenvalue weighted by molar-refractivity contribution is 8.27. The van der Waals surface area contributed by atoms with Crippen molar-refractivity contribution in [3.05, 3.63) is 54.3 Å². The third-order valence-corrected chi connectivity index (χ3v) is 5.54. The molecule has 0 unspecified atom stereocenters. The molecule has 130 valence electrons. The summed E-state index contributed by atoms with van der Waals surface area (Å²) in [4.78, 5) is 0. The number of fused-ring (bicyclic) bond motifs is 1. The normalized spacial score (nSPS) is 17.0. The number of rotatable bonds is 6. The molecular weight excluding hydrogens is 333 g/mol. The second kappa shape index (κ2) is 6.96. The van der Waals surface area contributed by atoms with Crippen molar-refractivity contribution in [3.8, 4) is 0 Å². The fraction of sp³-hybridized carbons (Fsp3) is 0.250. The van der Waals surface area contributed by atoms with Crippen molar-refractivity contribution in [2.75, 3.05) is 34.9 Å². The molecule has 2 aromatic carbocycles. The first kappa shape index (κ1) is 17.0. The zero-order chi connectivity index (χ0) is 17.2. The molecule has 0 fully saturated rings. The van der Waals surface area contributed by atoms with Gasteiger partial charge in [0, 0.05) is 6.54 Å². The molecule has 0 atom stereocenters. The Kier molecular flexibility index (Phi) is 4.93. The second-order valence-electron chi connectivity index (χ2n) is 5.23.